The topological polar surface area (TPSA) is 73.4 Å². The largest absolute Gasteiger partial charge is 0.503 e. The monoisotopic (exact) mass is 408 g/mol. The molecule has 3 heterocycles. The molecule has 1 aliphatic rings. The lowest BCUT2D eigenvalue weighted by molar-refractivity contribution is -0.129. The molecule has 150 valence electrons. The van der Waals surface area contributed by atoms with Crippen LogP contribution in [0.4, 0.5) is 0 Å². The maximum absolute atomic E-state index is 12.9. The highest BCUT2D eigenvalue weighted by Crippen LogP contribution is 2.42. The first kappa shape index (κ1) is 19.5. The Morgan fingerprint density at radius 2 is 2.03 bits per heavy atom. The Morgan fingerprint density at radius 1 is 1.28 bits per heavy atom. The highest BCUT2D eigenvalue weighted by Gasteiger charge is 2.44. The Morgan fingerprint density at radius 3 is 2.72 bits per heavy atom. The first-order valence-corrected chi connectivity index (χ1v) is 10.7. The molecule has 3 aromatic rings. The molecular formula is C23H24N2O3S. The van der Waals surface area contributed by atoms with Crippen LogP contribution < -0.4 is 0 Å². The van der Waals surface area contributed by atoms with Crippen LogP contribution in [-0.4, -0.2) is 33.2 Å². The predicted octanol–water partition coefficient (Wildman–Crippen LogP) is 4.70. The zero-order chi connectivity index (χ0) is 20.7. The van der Waals surface area contributed by atoms with Gasteiger partial charge in [-0.05, 0) is 42.0 Å². The Kier molecular flexibility index (Phi) is 5.04. The van der Waals surface area contributed by atoms with Crippen molar-refractivity contribution < 1.29 is 14.7 Å². The van der Waals surface area contributed by atoms with Crippen molar-refractivity contribution in [3.05, 3.63) is 69.2 Å². The van der Waals surface area contributed by atoms with Gasteiger partial charge in [-0.25, -0.2) is 0 Å². The van der Waals surface area contributed by atoms with Gasteiger partial charge in [-0.1, -0.05) is 32.0 Å². The van der Waals surface area contributed by atoms with Gasteiger partial charge in [0, 0.05) is 34.4 Å². The van der Waals surface area contributed by atoms with Gasteiger partial charge in [-0.2, -0.15) is 0 Å². The number of nitrogens with zero attached hydrogens (tertiary/aromatic N) is 1. The molecule has 2 N–H and O–H groups in total. The predicted molar refractivity (Wildman–Crippen MR) is 115 cm³/mol. The lowest BCUT2D eigenvalue weighted by Gasteiger charge is -2.26. The molecule has 4 rings (SSSR count). The molecule has 1 unspecified atom stereocenters. The number of aromatic amines is 1. The van der Waals surface area contributed by atoms with Gasteiger partial charge in [0.1, 0.15) is 0 Å². The molecule has 1 aromatic carbocycles. The highest BCUT2D eigenvalue weighted by atomic mass is 32.1. The molecule has 0 fully saturated rings. The fourth-order valence-electron chi connectivity index (χ4n) is 3.96. The summed E-state index contributed by atoms with van der Waals surface area (Å²) in [6, 6.07) is 9.50. The van der Waals surface area contributed by atoms with Crippen LogP contribution in [0.5, 0.6) is 0 Å². The second-order valence-electron chi connectivity index (χ2n) is 7.76. The minimum absolute atomic E-state index is 0.178. The van der Waals surface area contributed by atoms with Gasteiger partial charge in [0.25, 0.3) is 5.91 Å². The van der Waals surface area contributed by atoms with Gasteiger partial charge in [-0.15, -0.1) is 11.3 Å². The number of amides is 1. The summed E-state index contributed by atoms with van der Waals surface area (Å²) in [6.45, 7) is 5.97. The van der Waals surface area contributed by atoms with Gasteiger partial charge in [0.2, 0.25) is 0 Å². The first-order chi connectivity index (χ1) is 13.9. The molecule has 0 bridgehead atoms. The average Bonchev–Trinajstić information content (AvgIpc) is 3.37. The molecule has 1 amide bonds. The second-order valence-corrected chi connectivity index (χ2v) is 8.71. The number of H-pyrrole nitrogens is 1. The van der Waals surface area contributed by atoms with E-state index in [1.807, 2.05) is 42.8 Å². The second kappa shape index (κ2) is 7.52. The molecule has 0 radical (unpaired) electrons. The third-order valence-corrected chi connectivity index (χ3v) is 6.61. The van der Waals surface area contributed by atoms with Gasteiger partial charge in [0.05, 0.1) is 11.6 Å². The number of nitrogens with one attached hydrogen (secondary N) is 1. The van der Waals surface area contributed by atoms with E-state index in [0.717, 1.165) is 26.9 Å². The molecule has 29 heavy (non-hydrogen) atoms. The molecule has 5 nitrogen and oxygen atoms in total. The minimum atomic E-state index is -0.525. The Labute approximate surface area is 173 Å². The highest BCUT2D eigenvalue weighted by molar-refractivity contribution is 7.10. The van der Waals surface area contributed by atoms with E-state index in [4.69, 9.17) is 0 Å². The van der Waals surface area contributed by atoms with Crippen molar-refractivity contribution in [2.45, 2.75) is 33.2 Å². The lowest BCUT2D eigenvalue weighted by Crippen LogP contribution is -2.33. The summed E-state index contributed by atoms with van der Waals surface area (Å²) < 4.78 is 0. The summed E-state index contributed by atoms with van der Waals surface area (Å²) >= 11 is 1.52. The maximum atomic E-state index is 12.9. The van der Waals surface area contributed by atoms with E-state index >= 15 is 0 Å². The van der Waals surface area contributed by atoms with Crippen molar-refractivity contribution >= 4 is 33.9 Å². The van der Waals surface area contributed by atoms with Gasteiger partial charge >= 0.3 is 0 Å². The smallest absolute Gasteiger partial charge is 0.290 e. The first-order valence-electron chi connectivity index (χ1n) is 9.77. The number of carbonyl (C=O) groups excluding carboxylic acids is 2. The molecule has 1 atom stereocenters. The summed E-state index contributed by atoms with van der Waals surface area (Å²) in [7, 11) is 0. The number of Topliss-reactive ketones (excluding diaryl/α,β-unsaturated/α-hetero) is 1. The number of aromatic nitrogens is 1. The van der Waals surface area contributed by atoms with Crippen molar-refractivity contribution in [2.24, 2.45) is 5.92 Å². The van der Waals surface area contributed by atoms with E-state index in [-0.39, 0.29) is 17.3 Å². The van der Waals surface area contributed by atoms with Crippen molar-refractivity contribution in [3.63, 3.8) is 0 Å². The van der Waals surface area contributed by atoms with E-state index in [9.17, 15) is 14.7 Å². The molecule has 1 aliphatic heterocycles. The van der Waals surface area contributed by atoms with Gasteiger partial charge < -0.3 is 15.0 Å². The summed E-state index contributed by atoms with van der Waals surface area (Å²) in [5.74, 6) is -1.34. The number of aryl methyl sites for hydroxylation is 1. The average molecular weight is 409 g/mol. The number of ketones is 1. The minimum Gasteiger partial charge on any atom is -0.503 e. The van der Waals surface area contributed by atoms with E-state index in [0.29, 0.717) is 13.0 Å². The molecule has 0 aliphatic carbocycles. The molecule has 0 spiro atoms. The number of rotatable bonds is 6. The van der Waals surface area contributed by atoms with Crippen LogP contribution in [0.1, 0.15) is 35.9 Å². The van der Waals surface area contributed by atoms with Crippen LogP contribution in [0.15, 0.2) is 53.2 Å². The van der Waals surface area contributed by atoms with Gasteiger partial charge in [0.15, 0.2) is 11.5 Å². The van der Waals surface area contributed by atoms with Crippen molar-refractivity contribution in [1.29, 1.82) is 0 Å². The van der Waals surface area contributed by atoms with E-state index in [1.54, 1.807) is 18.7 Å². The number of aliphatic hydroxyl groups is 1. The number of para-hydroxylation sites is 1. The van der Waals surface area contributed by atoms with E-state index in [2.05, 4.69) is 11.1 Å². The van der Waals surface area contributed by atoms with Gasteiger partial charge in [-0.3, -0.25) is 9.59 Å². The van der Waals surface area contributed by atoms with Crippen LogP contribution in [0.3, 0.4) is 0 Å². The van der Waals surface area contributed by atoms with Crippen LogP contribution in [-0.2, 0) is 16.0 Å². The Bertz CT molecular complexity index is 1120. The number of benzene rings is 1. The quantitative estimate of drug-likeness (QED) is 0.621. The van der Waals surface area contributed by atoms with E-state index in [1.165, 1.54) is 11.3 Å². The third-order valence-electron chi connectivity index (χ3n) is 5.54. The molecule has 2 aromatic heterocycles. The fraction of sp³-hybridized carbons (Fsp3) is 0.304. The van der Waals surface area contributed by atoms with E-state index < -0.39 is 17.7 Å². The number of aliphatic hydroxyl groups excluding tert-OH is 1. The standard InChI is InChI=1S/C23H24N2O3S/c1-13(2)20(26)18-19(22-14(3)9-11-29-22)25(23(28)21(18)27)10-8-15-12-24-17-7-5-4-6-16(15)17/h4-7,9,11-13,19,24,27H,8,10H2,1-3H3. The number of carbonyl (C=O) groups is 2. The van der Waals surface area contributed by atoms with Crippen molar-refractivity contribution in [1.82, 2.24) is 9.88 Å². The third kappa shape index (κ3) is 3.27. The Hall–Kier alpha value is -2.86. The Balaban J connectivity index is 1.69. The molecule has 0 saturated carbocycles. The summed E-state index contributed by atoms with van der Waals surface area (Å²) in [4.78, 5) is 31.7. The zero-order valence-corrected chi connectivity index (χ0v) is 17.5. The fourth-order valence-corrected chi connectivity index (χ4v) is 5.01. The zero-order valence-electron chi connectivity index (χ0n) is 16.7. The summed E-state index contributed by atoms with van der Waals surface area (Å²) in [5.41, 5.74) is 3.42. The van der Waals surface area contributed by atoms with Crippen molar-refractivity contribution in [3.8, 4) is 0 Å². The molecule has 6 heteroatoms. The normalized spacial score (nSPS) is 17.2. The molecule has 0 saturated heterocycles. The van der Waals surface area contributed by atoms with Crippen LogP contribution in [0.2, 0.25) is 0 Å². The summed E-state index contributed by atoms with van der Waals surface area (Å²) in [6.07, 6.45) is 2.59. The maximum Gasteiger partial charge on any atom is 0.290 e. The van der Waals surface area contributed by atoms with Crippen LogP contribution in [0.25, 0.3) is 10.9 Å². The van der Waals surface area contributed by atoms with Crippen molar-refractivity contribution in [2.75, 3.05) is 6.54 Å². The van der Waals surface area contributed by atoms with Crippen LogP contribution in [0, 0.1) is 12.8 Å². The number of thiophene rings is 1. The summed E-state index contributed by atoms with van der Waals surface area (Å²) in [5, 5.41) is 13.7. The number of hydrogen-bond acceptors (Lipinski definition) is 4. The van der Waals surface area contributed by atoms with Crippen LogP contribution >= 0.6 is 11.3 Å². The number of hydrogen-bond donors (Lipinski definition) is 2. The SMILES string of the molecule is Cc1ccsc1C1C(C(=O)C(C)C)=C(O)C(=O)N1CCc1c[nH]c2ccccc12. The molecular weight excluding hydrogens is 384 g/mol. The lowest BCUT2D eigenvalue weighted by atomic mass is 9.93. The number of fused-ring (bicyclic) bond motifs is 1.